The molecular weight excluding hydrogens is 378 g/mol. The van der Waals surface area contributed by atoms with Gasteiger partial charge >= 0.3 is 0 Å². The molecule has 164 valence electrons. The van der Waals surface area contributed by atoms with Crippen molar-refractivity contribution in [1.29, 1.82) is 0 Å². The van der Waals surface area contributed by atoms with Crippen molar-refractivity contribution in [3.8, 4) is 11.5 Å². The SMILES string of the molecule is CO[C@H]1[C@@H]2Oc3c(O)ccc4c3C23CCN(C)C(C4)C32CC1(C(C)(O)C(C)(C)C)C2. The van der Waals surface area contributed by atoms with Crippen LogP contribution in [0.15, 0.2) is 12.1 Å². The second-order valence-corrected chi connectivity index (χ2v) is 12.1. The van der Waals surface area contributed by atoms with Crippen LogP contribution in [0.3, 0.4) is 0 Å². The highest BCUT2D eigenvalue weighted by Gasteiger charge is 2.86. The van der Waals surface area contributed by atoms with Crippen molar-refractivity contribution in [3.63, 3.8) is 0 Å². The van der Waals surface area contributed by atoms with Gasteiger partial charge in [-0.2, -0.15) is 0 Å². The largest absolute Gasteiger partial charge is 0.504 e. The number of aromatic hydroxyl groups is 1. The van der Waals surface area contributed by atoms with Gasteiger partial charge in [0.25, 0.3) is 0 Å². The third-order valence-electron chi connectivity index (χ3n) is 10.5. The van der Waals surface area contributed by atoms with Gasteiger partial charge in [-0.3, -0.25) is 0 Å². The minimum Gasteiger partial charge on any atom is -0.504 e. The predicted molar refractivity (Wildman–Crippen MR) is 114 cm³/mol. The zero-order chi connectivity index (χ0) is 21.5. The summed E-state index contributed by atoms with van der Waals surface area (Å²) in [6.45, 7) is 9.43. The zero-order valence-corrected chi connectivity index (χ0v) is 19.1. The maximum Gasteiger partial charge on any atom is 0.165 e. The molecule has 4 fully saturated rings. The van der Waals surface area contributed by atoms with Gasteiger partial charge in [0.15, 0.2) is 11.5 Å². The predicted octanol–water partition coefficient (Wildman–Crippen LogP) is 3.24. The number of piperidine rings is 1. The van der Waals surface area contributed by atoms with Crippen LogP contribution in [0.25, 0.3) is 0 Å². The van der Waals surface area contributed by atoms with Crippen LogP contribution < -0.4 is 4.74 Å². The lowest BCUT2D eigenvalue weighted by Crippen LogP contribution is -2.86. The van der Waals surface area contributed by atoms with Gasteiger partial charge in [-0.1, -0.05) is 26.8 Å². The Kier molecular flexibility index (Phi) is 3.35. The van der Waals surface area contributed by atoms with Gasteiger partial charge < -0.3 is 24.6 Å². The molecule has 4 bridgehead atoms. The smallest absolute Gasteiger partial charge is 0.165 e. The van der Waals surface area contributed by atoms with Crippen LogP contribution in [0.4, 0.5) is 0 Å². The van der Waals surface area contributed by atoms with Crippen molar-refractivity contribution in [3.05, 3.63) is 23.3 Å². The molecule has 1 aromatic rings. The molecule has 5 heteroatoms. The topological polar surface area (TPSA) is 62.2 Å². The fraction of sp³-hybridized carbons (Fsp3) is 0.760. The minimum atomic E-state index is -0.902. The van der Waals surface area contributed by atoms with E-state index < -0.39 is 5.60 Å². The molecule has 2 spiro atoms. The van der Waals surface area contributed by atoms with Gasteiger partial charge in [0.1, 0.15) is 12.2 Å². The summed E-state index contributed by atoms with van der Waals surface area (Å²) in [6.07, 6.45) is 3.52. The molecule has 5 nitrogen and oxygen atoms in total. The summed E-state index contributed by atoms with van der Waals surface area (Å²) in [5.74, 6) is 0.925. The summed E-state index contributed by atoms with van der Waals surface area (Å²) in [4.78, 5) is 2.54. The number of rotatable bonds is 2. The first kappa shape index (κ1) is 19.4. The molecular formula is C25H35NO4. The van der Waals surface area contributed by atoms with E-state index in [9.17, 15) is 10.2 Å². The number of methoxy groups -OCH3 is 1. The lowest BCUT2D eigenvalue weighted by Gasteiger charge is -2.80. The van der Waals surface area contributed by atoms with Gasteiger partial charge in [-0.15, -0.1) is 0 Å². The second kappa shape index (κ2) is 5.19. The molecule has 0 aromatic heterocycles. The lowest BCUT2D eigenvalue weighted by atomic mass is 9.26. The molecule has 3 saturated carbocycles. The lowest BCUT2D eigenvalue weighted by molar-refractivity contribution is -0.356. The third kappa shape index (κ3) is 1.67. The van der Waals surface area contributed by atoms with E-state index in [0.29, 0.717) is 11.8 Å². The van der Waals surface area contributed by atoms with Crippen molar-refractivity contribution in [2.45, 2.75) is 82.6 Å². The molecule has 1 aromatic carbocycles. The number of phenolic OH excluding ortho intramolecular Hbond substituents is 1. The van der Waals surface area contributed by atoms with Crippen molar-refractivity contribution in [1.82, 2.24) is 4.90 Å². The number of phenols is 1. The Morgan fingerprint density at radius 3 is 2.53 bits per heavy atom. The van der Waals surface area contributed by atoms with Crippen LogP contribution in [-0.4, -0.2) is 59.7 Å². The highest BCUT2D eigenvalue weighted by Crippen LogP contribution is 2.82. The molecule has 5 atom stereocenters. The maximum absolute atomic E-state index is 12.0. The van der Waals surface area contributed by atoms with E-state index in [1.165, 1.54) is 11.1 Å². The summed E-state index contributed by atoms with van der Waals surface area (Å²) >= 11 is 0. The third-order valence-corrected chi connectivity index (χ3v) is 10.5. The molecule has 0 radical (unpaired) electrons. The number of benzene rings is 1. The summed E-state index contributed by atoms with van der Waals surface area (Å²) in [7, 11) is 4.03. The Labute approximate surface area is 179 Å². The molecule has 1 saturated heterocycles. The Balaban J connectivity index is 1.62. The van der Waals surface area contributed by atoms with E-state index in [1.54, 1.807) is 13.2 Å². The van der Waals surface area contributed by atoms with Gasteiger partial charge in [0.05, 0.1) is 5.60 Å². The normalized spacial score (nSPS) is 45.2. The Morgan fingerprint density at radius 2 is 1.90 bits per heavy atom. The number of likely N-dealkylation sites (tertiary alicyclic amines) is 1. The first-order valence-electron chi connectivity index (χ1n) is 11.4. The first-order valence-corrected chi connectivity index (χ1v) is 11.4. The van der Waals surface area contributed by atoms with Crippen LogP contribution in [0.5, 0.6) is 11.5 Å². The molecule has 3 unspecified atom stereocenters. The number of nitrogens with zero attached hydrogens (tertiary/aromatic N) is 1. The number of aliphatic hydroxyl groups is 1. The average molecular weight is 414 g/mol. The molecule has 2 aliphatic heterocycles. The molecule has 7 rings (SSSR count). The van der Waals surface area contributed by atoms with E-state index in [2.05, 4.69) is 38.8 Å². The minimum absolute atomic E-state index is 0.0565. The van der Waals surface area contributed by atoms with E-state index in [4.69, 9.17) is 9.47 Å². The Morgan fingerprint density at radius 1 is 1.20 bits per heavy atom. The van der Waals surface area contributed by atoms with Crippen LogP contribution in [0.2, 0.25) is 0 Å². The number of hydrogen-bond donors (Lipinski definition) is 2. The average Bonchev–Trinajstić information content (AvgIpc) is 2.99. The van der Waals surface area contributed by atoms with Crippen molar-refractivity contribution in [2.75, 3.05) is 20.7 Å². The van der Waals surface area contributed by atoms with Crippen LogP contribution in [0, 0.1) is 16.2 Å². The highest BCUT2D eigenvalue weighted by molar-refractivity contribution is 5.63. The molecule has 30 heavy (non-hydrogen) atoms. The van der Waals surface area contributed by atoms with Gasteiger partial charge in [0, 0.05) is 35.0 Å². The first-order chi connectivity index (χ1) is 14.0. The van der Waals surface area contributed by atoms with E-state index in [0.717, 1.165) is 32.2 Å². The van der Waals surface area contributed by atoms with Crippen LogP contribution >= 0.6 is 0 Å². The van der Waals surface area contributed by atoms with E-state index >= 15 is 0 Å². The molecule has 2 heterocycles. The van der Waals surface area contributed by atoms with Gasteiger partial charge in [0.2, 0.25) is 0 Å². The summed E-state index contributed by atoms with van der Waals surface area (Å²) in [6, 6.07) is 4.33. The van der Waals surface area contributed by atoms with Crippen LogP contribution in [-0.2, 0) is 16.6 Å². The van der Waals surface area contributed by atoms with Crippen LogP contribution in [0.1, 0.15) is 58.1 Å². The summed E-state index contributed by atoms with van der Waals surface area (Å²) in [5, 5.41) is 22.8. The number of hydrogen-bond acceptors (Lipinski definition) is 5. The van der Waals surface area contributed by atoms with Crippen molar-refractivity contribution >= 4 is 0 Å². The van der Waals surface area contributed by atoms with E-state index in [1.807, 2.05) is 6.92 Å². The number of likely N-dealkylation sites (N-methyl/N-ethyl adjacent to an activating group) is 1. The molecule has 6 aliphatic rings. The van der Waals surface area contributed by atoms with Crippen molar-refractivity contribution in [2.24, 2.45) is 16.2 Å². The second-order valence-electron chi connectivity index (χ2n) is 12.1. The molecule has 0 amide bonds. The highest BCUT2D eigenvalue weighted by atomic mass is 16.5. The summed E-state index contributed by atoms with van der Waals surface area (Å²) in [5.41, 5.74) is 0.945. The summed E-state index contributed by atoms with van der Waals surface area (Å²) < 4.78 is 12.9. The fourth-order valence-corrected chi connectivity index (χ4v) is 8.75. The standard InChI is InChI=1S/C25H35NO4/c1-21(2,3)22(4,28)24-12-23(13-24)16-11-14-7-8-15(27)18-17(14)25(23,9-10-26(16)5)20(30-18)19(24)29-6/h7-8,16,19-20,27-28H,9-13H2,1-6H3/t16?,19-,20-,22?,23?,24?,25?/m0/s1. The quantitative estimate of drug-likeness (QED) is 0.779. The monoisotopic (exact) mass is 413 g/mol. The fourth-order valence-electron chi connectivity index (χ4n) is 8.75. The van der Waals surface area contributed by atoms with E-state index in [-0.39, 0.29) is 39.6 Å². The van der Waals surface area contributed by atoms with Crippen molar-refractivity contribution < 1.29 is 19.7 Å². The molecule has 2 N–H and O–H groups in total. The number of ether oxygens (including phenoxy) is 2. The van der Waals surface area contributed by atoms with Gasteiger partial charge in [-0.05, 0) is 63.2 Å². The zero-order valence-electron chi connectivity index (χ0n) is 19.1. The Hall–Kier alpha value is -1.30. The Bertz CT molecular complexity index is 941. The molecule has 4 aliphatic carbocycles. The maximum atomic E-state index is 12.0. The van der Waals surface area contributed by atoms with Gasteiger partial charge in [-0.25, -0.2) is 0 Å².